The molecule has 3 amide bonds. The van der Waals surface area contributed by atoms with E-state index < -0.39 is 23.9 Å². The van der Waals surface area contributed by atoms with Crippen molar-refractivity contribution < 1.29 is 19.5 Å². The molecule has 0 aliphatic rings. The molecule has 1 atom stereocenters. The molecular formula is C18H20N4O4S. The van der Waals surface area contributed by atoms with Crippen molar-refractivity contribution in [2.45, 2.75) is 19.4 Å². The number of hydrogen-bond acceptors (Lipinski definition) is 5. The summed E-state index contributed by atoms with van der Waals surface area (Å²) in [7, 11) is 0. The Kier molecular flexibility index (Phi) is 6.32. The largest absolute Gasteiger partial charge is 0.480 e. The molecular weight excluding hydrogens is 368 g/mol. The van der Waals surface area contributed by atoms with Crippen molar-refractivity contribution >= 4 is 40.3 Å². The van der Waals surface area contributed by atoms with Crippen molar-refractivity contribution in [1.82, 2.24) is 0 Å². The second-order valence-electron chi connectivity index (χ2n) is 5.86. The minimum atomic E-state index is -1.05. The lowest BCUT2D eigenvalue weighted by molar-refractivity contribution is -0.138. The van der Waals surface area contributed by atoms with Gasteiger partial charge in [0, 0.05) is 4.88 Å². The van der Waals surface area contributed by atoms with Crippen LogP contribution in [0, 0.1) is 6.92 Å². The number of rotatable bonds is 7. The number of benzene rings is 1. The van der Waals surface area contributed by atoms with Gasteiger partial charge >= 0.3 is 12.0 Å². The van der Waals surface area contributed by atoms with Gasteiger partial charge in [-0.05, 0) is 36.1 Å². The zero-order chi connectivity index (χ0) is 20.1. The number of primary amides is 2. The van der Waals surface area contributed by atoms with E-state index in [1.165, 1.54) is 11.3 Å². The van der Waals surface area contributed by atoms with Crippen LogP contribution in [0.2, 0.25) is 0 Å². The molecule has 0 unspecified atom stereocenters. The van der Waals surface area contributed by atoms with E-state index in [0.29, 0.717) is 5.00 Å². The number of nitrogens with one attached hydrogen (secondary N) is 1. The van der Waals surface area contributed by atoms with E-state index in [0.717, 1.165) is 21.6 Å². The standard InChI is InChI=1S/C18H20N4O4S/c1-9-7-11(6-5-10(9)3-2-4-13(19)17(24)25)14-8-12(15(20)23)16(27-14)22-18(21)26/h2-3,5-8,13H,4,19H2,1H3,(H2,20,23)(H,24,25)(H3,21,22,26)/b3-2+/t13-/m0/s1. The Balaban J connectivity index is 2.27. The number of carbonyl (C=O) groups is 3. The fraction of sp³-hybridized carbons (Fsp3) is 0.167. The number of carboxylic acid groups (broad SMARTS) is 1. The minimum Gasteiger partial charge on any atom is -0.480 e. The van der Waals surface area contributed by atoms with Crippen LogP contribution in [-0.2, 0) is 4.79 Å². The highest BCUT2D eigenvalue weighted by atomic mass is 32.1. The average molecular weight is 388 g/mol. The summed E-state index contributed by atoms with van der Waals surface area (Å²) in [5.41, 5.74) is 18.8. The summed E-state index contributed by atoms with van der Waals surface area (Å²) in [6.07, 6.45) is 3.75. The third kappa shape index (κ3) is 5.16. The van der Waals surface area contributed by atoms with E-state index in [2.05, 4.69) is 5.32 Å². The van der Waals surface area contributed by atoms with Crippen LogP contribution in [0.25, 0.3) is 16.5 Å². The summed E-state index contributed by atoms with van der Waals surface area (Å²) >= 11 is 1.20. The van der Waals surface area contributed by atoms with Crippen LogP contribution < -0.4 is 22.5 Å². The fourth-order valence-electron chi connectivity index (χ4n) is 2.38. The summed E-state index contributed by atoms with van der Waals surface area (Å²) < 4.78 is 0. The van der Waals surface area contributed by atoms with Crippen LogP contribution in [0.1, 0.15) is 27.9 Å². The predicted molar refractivity (Wildman–Crippen MR) is 105 cm³/mol. The smallest absolute Gasteiger partial charge is 0.320 e. The van der Waals surface area contributed by atoms with Crippen LogP contribution in [0.15, 0.2) is 30.3 Å². The number of nitrogens with two attached hydrogens (primary N) is 3. The van der Waals surface area contributed by atoms with Crippen molar-refractivity contribution in [2.75, 3.05) is 5.32 Å². The monoisotopic (exact) mass is 388 g/mol. The summed E-state index contributed by atoms with van der Waals surface area (Å²) in [5.74, 6) is -1.71. The molecule has 0 bridgehead atoms. The van der Waals surface area contributed by atoms with Crippen LogP contribution in [0.3, 0.4) is 0 Å². The number of hydrogen-bond donors (Lipinski definition) is 5. The van der Waals surface area contributed by atoms with Gasteiger partial charge in [0.2, 0.25) is 0 Å². The molecule has 0 spiro atoms. The molecule has 1 aromatic heterocycles. The molecule has 1 aromatic carbocycles. The molecule has 2 rings (SSSR count). The van der Waals surface area contributed by atoms with Crippen LogP contribution in [0.5, 0.6) is 0 Å². The second-order valence-corrected chi connectivity index (χ2v) is 6.91. The molecule has 8 nitrogen and oxygen atoms in total. The maximum Gasteiger partial charge on any atom is 0.320 e. The van der Waals surface area contributed by atoms with E-state index in [-0.39, 0.29) is 12.0 Å². The molecule has 2 aromatic rings. The Bertz CT molecular complexity index is 920. The molecule has 0 fully saturated rings. The number of aliphatic carboxylic acids is 1. The first-order valence-electron chi connectivity index (χ1n) is 7.95. The normalized spacial score (nSPS) is 12.1. The fourth-order valence-corrected chi connectivity index (χ4v) is 3.44. The summed E-state index contributed by atoms with van der Waals surface area (Å²) in [6.45, 7) is 1.91. The maximum atomic E-state index is 11.6. The molecule has 1 heterocycles. The zero-order valence-corrected chi connectivity index (χ0v) is 15.4. The topological polar surface area (TPSA) is 162 Å². The van der Waals surface area contributed by atoms with E-state index in [4.69, 9.17) is 22.3 Å². The number of anilines is 1. The van der Waals surface area contributed by atoms with Gasteiger partial charge < -0.3 is 22.3 Å². The van der Waals surface area contributed by atoms with E-state index in [9.17, 15) is 14.4 Å². The van der Waals surface area contributed by atoms with E-state index >= 15 is 0 Å². The lowest BCUT2D eigenvalue weighted by Crippen LogP contribution is -2.29. The Labute approximate surface area is 159 Å². The Morgan fingerprint density at radius 1 is 1.26 bits per heavy atom. The minimum absolute atomic E-state index is 0.193. The zero-order valence-electron chi connectivity index (χ0n) is 14.6. The molecule has 0 saturated heterocycles. The highest BCUT2D eigenvalue weighted by Crippen LogP contribution is 2.36. The third-order valence-corrected chi connectivity index (χ3v) is 4.89. The molecule has 142 valence electrons. The average Bonchev–Trinajstić information content (AvgIpc) is 2.99. The molecule has 0 aliphatic heterocycles. The van der Waals surface area contributed by atoms with Gasteiger partial charge in [0.15, 0.2) is 0 Å². The molecule has 0 aliphatic carbocycles. The van der Waals surface area contributed by atoms with E-state index in [1.807, 2.05) is 31.2 Å². The Morgan fingerprint density at radius 2 is 1.96 bits per heavy atom. The van der Waals surface area contributed by atoms with Crippen molar-refractivity contribution in [2.24, 2.45) is 17.2 Å². The van der Waals surface area contributed by atoms with Crippen molar-refractivity contribution in [3.05, 3.63) is 47.0 Å². The van der Waals surface area contributed by atoms with Crippen LogP contribution >= 0.6 is 11.3 Å². The first kappa shape index (κ1) is 20.1. The van der Waals surface area contributed by atoms with Gasteiger partial charge in [-0.3, -0.25) is 14.9 Å². The molecule has 8 N–H and O–H groups in total. The number of thiophene rings is 1. The van der Waals surface area contributed by atoms with Gasteiger partial charge in [-0.1, -0.05) is 30.4 Å². The number of carboxylic acids is 1. The summed E-state index contributed by atoms with van der Waals surface area (Å²) in [5, 5.41) is 11.5. The molecule has 0 radical (unpaired) electrons. The number of carbonyl (C=O) groups excluding carboxylic acids is 2. The molecule has 27 heavy (non-hydrogen) atoms. The van der Waals surface area contributed by atoms with Gasteiger partial charge in [-0.2, -0.15) is 0 Å². The summed E-state index contributed by atoms with van der Waals surface area (Å²) in [6, 6.07) is 5.54. The quantitative estimate of drug-likeness (QED) is 0.490. The molecule has 9 heteroatoms. The number of amides is 3. The van der Waals surface area contributed by atoms with Crippen molar-refractivity contribution in [3.8, 4) is 10.4 Å². The van der Waals surface area contributed by atoms with E-state index in [1.54, 1.807) is 12.1 Å². The van der Waals surface area contributed by atoms with Crippen LogP contribution in [0.4, 0.5) is 9.80 Å². The highest BCUT2D eigenvalue weighted by molar-refractivity contribution is 7.20. The van der Waals surface area contributed by atoms with Crippen LogP contribution in [-0.4, -0.2) is 29.1 Å². The van der Waals surface area contributed by atoms with Gasteiger partial charge in [0.1, 0.15) is 11.0 Å². The van der Waals surface area contributed by atoms with Gasteiger partial charge in [0.05, 0.1) is 5.56 Å². The molecule has 0 saturated carbocycles. The number of urea groups is 1. The summed E-state index contributed by atoms with van der Waals surface area (Å²) in [4.78, 5) is 34.1. The highest BCUT2D eigenvalue weighted by Gasteiger charge is 2.16. The lowest BCUT2D eigenvalue weighted by Gasteiger charge is -2.05. The van der Waals surface area contributed by atoms with Crippen molar-refractivity contribution in [1.29, 1.82) is 0 Å². The van der Waals surface area contributed by atoms with Gasteiger partial charge in [0.25, 0.3) is 5.91 Å². The van der Waals surface area contributed by atoms with Gasteiger partial charge in [-0.15, -0.1) is 11.3 Å². The Hall–Kier alpha value is -3.17. The lowest BCUT2D eigenvalue weighted by atomic mass is 10.0. The third-order valence-electron chi connectivity index (χ3n) is 3.79. The number of aryl methyl sites for hydroxylation is 1. The first-order valence-corrected chi connectivity index (χ1v) is 8.76. The SMILES string of the molecule is Cc1cc(-c2cc(C(N)=O)c(NC(N)=O)s2)ccc1/C=C/C[C@H](N)C(=O)O. The second kappa shape index (κ2) is 8.47. The maximum absolute atomic E-state index is 11.6. The Morgan fingerprint density at radius 3 is 2.52 bits per heavy atom. The predicted octanol–water partition coefficient (Wildman–Crippen LogP) is 2.13. The van der Waals surface area contributed by atoms with Crippen molar-refractivity contribution in [3.63, 3.8) is 0 Å². The van der Waals surface area contributed by atoms with Gasteiger partial charge in [-0.25, -0.2) is 4.79 Å². The first-order chi connectivity index (χ1) is 12.7.